The Bertz CT molecular complexity index is 257. The third kappa shape index (κ3) is 9.34. The average molecular weight is 255 g/mol. The predicted octanol–water partition coefficient (Wildman–Crippen LogP) is 5.30. The molecule has 0 aliphatic rings. The Morgan fingerprint density at radius 3 is 1.65 bits per heavy atom. The summed E-state index contributed by atoms with van der Waals surface area (Å²) in [5.74, 6) is 0. The van der Waals surface area contributed by atoms with Crippen LogP contribution >= 0.6 is 11.8 Å². The molecule has 0 fully saturated rings. The second kappa shape index (κ2) is 6.53. The molecule has 0 saturated heterocycles. The van der Waals surface area contributed by atoms with E-state index in [0.717, 1.165) is 12.8 Å². The molecule has 0 unspecified atom stereocenters. The monoisotopic (exact) mass is 255 g/mol. The zero-order valence-electron chi connectivity index (χ0n) is 12.6. The number of hydrogen-bond acceptors (Lipinski definition) is 2. The SMILES string of the molecule is C/C=C(/CC(C)(C)C)S/C(=C\N)CC(C)(C)C. The highest BCUT2D eigenvalue weighted by Crippen LogP contribution is 2.39. The van der Waals surface area contributed by atoms with Gasteiger partial charge in [-0.2, -0.15) is 0 Å². The van der Waals surface area contributed by atoms with Crippen molar-refractivity contribution in [2.75, 3.05) is 0 Å². The fourth-order valence-corrected chi connectivity index (χ4v) is 3.07. The predicted molar refractivity (Wildman–Crippen MR) is 81.8 cm³/mol. The Morgan fingerprint density at radius 2 is 1.35 bits per heavy atom. The van der Waals surface area contributed by atoms with Gasteiger partial charge < -0.3 is 5.73 Å². The maximum absolute atomic E-state index is 5.74. The highest BCUT2D eigenvalue weighted by molar-refractivity contribution is 8.06. The van der Waals surface area contributed by atoms with Crippen molar-refractivity contribution in [2.45, 2.75) is 61.3 Å². The molecule has 0 saturated carbocycles. The first-order valence-electron chi connectivity index (χ1n) is 6.31. The largest absolute Gasteiger partial charge is 0.404 e. The summed E-state index contributed by atoms with van der Waals surface area (Å²) in [6, 6.07) is 0. The lowest BCUT2D eigenvalue weighted by molar-refractivity contribution is 0.415. The first kappa shape index (κ1) is 16.6. The van der Waals surface area contributed by atoms with Gasteiger partial charge in [0.1, 0.15) is 0 Å². The highest BCUT2D eigenvalue weighted by Gasteiger charge is 2.17. The van der Waals surface area contributed by atoms with Crippen molar-refractivity contribution in [1.82, 2.24) is 0 Å². The molecular formula is C15H29NS. The molecule has 17 heavy (non-hydrogen) atoms. The van der Waals surface area contributed by atoms with E-state index in [1.165, 1.54) is 9.81 Å². The Kier molecular flexibility index (Phi) is 6.39. The summed E-state index contributed by atoms with van der Waals surface area (Å²) in [4.78, 5) is 2.69. The van der Waals surface area contributed by atoms with E-state index < -0.39 is 0 Å². The molecule has 0 amide bonds. The fraction of sp³-hybridized carbons (Fsp3) is 0.733. The minimum absolute atomic E-state index is 0.290. The van der Waals surface area contributed by atoms with E-state index in [0.29, 0.717) is 10.8 Å². The second-order valence-electron chi connectivity index (χ2n) is 6.96. The van der Waals surface area contributed by atoms with Crippen LogP contribution in [0.4, 0.5) is 0 Å². The third-order valence-electron chi connectivity index (χ3n) is 2.18. The third-order valence-corrected chi connectivity index (χ3v) is 3.36. The van der Waals surface area contributed by atoms with Crippen LogP contribution in [0.5, 0.6) is 0 Å². The van der Waals surface area contributed by atoms with Crippen molar-refractivity contribution in [3.05, 3.63) is 22.1 Å². The summed E-state index contributed by atoms with van der Waals surface area (Å²) in [6.07, 6.45) is 6.12. The number of rotatable bonds is 4. The Labute approximate surface area is 112 Å². The molecule has 1 nitrogen and oxygen atoms in total. The van der Waals surface area contributed by atoms with E-state index in [-0.39, 0.29) is 0 Å². The van der Waals surface area contributed by atoms with Crippen LogP contribution in [0.15, 0.2) is 22.1 Å². The van der Waals surface area contributed by atoms with E-state index >= 15 is 0 Å². The smallest absolute Gasteiger partial charge is 0.00540 e. The summed E-state index contributed by atoms with van der Waals surface area (Å²) in [7, 11) is 0. The molecule has 0 rings (SSSR count). The number of thioether (sulfide) groups is 1. The van der Waals surface area contributed by atoms with Crippen LogP contribution in [-0.2, 0) is 0 Å². The summed E-state index contributed by atoms with van der Waals surface area (Å²) >= 11 is 1.84. The van der Waals surface area contributed by atoms with Crippen molar-refractivity contribution < 1.29 is 0 Å². The Hall–Kier alpha value is -0.370. The van der Waals surface area contributed by atoms with E-state index in [1.54, 1.807) is 6.20 Å². The van der Waals surface area contributed by atoms with Crippen LogP contribution in [0.1, 0.15) is 61.3 Å². The molecular weight excluding hydrogens is 226 g/mol. The second-order valence-corrected chi connectivity index (χ2v) is 8.22. The van der Waals surface area contributed by atoms with Crippen molar-refractivity contribution in [3.63, 3.8) is 0 Å². The molecule has 0 heterocycles. The lowest BCUT2D eigenvalue weighted by Gasteiger charge is -2.23. The van der Waals surface area contributed by atoms with Gasteiger partial charge >= 0.3 is 0 Å². The van der Waals surface area contributed by atoms with Crippen LogP contribution in [0.3, 0.4) is 0 Å². The first-order chi connectivity index (χ1) is 7.57. The molecule has 0 aromatic heterocycles. The molecule has 0 bridgehead atoms. The topological polar surface area (TPSA) is 26.0 Å². The Morgan fingerprint density at radius 1 is 0.941 bits per heavy atom. The van der Waals surface area contributed by atoms with E-state index in [1.807, 2.05) is 11.8 Å². The van der Waals surface area contributed by atoms with E-state index in [2.05, 4.69) is 54.5 Å². The minimum atomic E-state index is 0.290. The van der Waals surface area contributed by atoms with Gasteiger partial charge in [-0.1, -0.05) is 59.4 Å². The van der Waals surface area contributed by atoms with Gasteiger partial charge in [-0.05, 0) is 35.5 Å². The van der Waals surface area contributed by atoms with Crippen molar-refractivity contribution in [2.24, 2.45) is 16.6 Å². The maximum atomic E-state index is 5.74. The van der Waals surface area contributed by atoms with Crippen LogP contribution in [0.2, 0.25) is 0 Å². The molecule has 0 atom stereocenters. The lowest BCUT2D eigenvalue weighted by Crippen LogP contribution is -2.08. The molecule has 2 heteroatoms. The fourth-order valence-electron chi connectivity index (χ4n) is 1.54. The average Bonchev–Trinajstić information content (AvgIpc) is 2.11. The summed E-state index contributed by atoms with van der Waals surface area (Å²) in [5, 5.41) is 0. The van der Waals surface area contributed by atoms with Crippen LogP contribution in [-0.4, -0.2) is 0 Å². The van der Waals surface area contributed by atoms with Gasteiger partial charge in [0.15, 0.2) is 0 Å². The number of nitrogens with two attached hydrogens (primary N) is 1. The molecule has 0 aromatic carbocycles. The normalized spacial score (nSPS) is 15.2. The van der Waals surface area contributed by atoms with Gasteiger partial charge in [0.2, 0.25) is 0 Å². The minimum Gasteiger partial charge on any atom is -0.404 e. The molecule has 2 N–H and O–H groups in total. The molecule has 0 aliphatic heterocycles. The quantitative estimate of drug-likeness (QED) is 0.738. The van der Waals surface area contributed by atoms with Gasteiger partial charge in [0, 0.05) is 11.1 Å². The van der Waals surface area contributed by atoms with Crippen molar-refractivity contribution in [1.29, 1.82) is 0 Å². The van der Waals surface area contributed by atoms with Gasteiger partial charge in [-0.15, -0.1) is 0 Å². The lowest BCUT2D eigenvalue weighted by atomic mass is 9.92. The zero-order valence-corrected chi connectivity index (χ0v) is 13.4. The van der Waals surface area contributed by atoms with Crippen molar-refractivity contribution >= 4 is 11.8 Å². The molecule has 0 radical (unpaired) electrons. The summed E-state index contributed by atoms with van der Waals surface area (Å²) in [6.45, 7) is 15.7. The maximum Gasteiger partial charge on any atom is 0.00540 e. The Balaban J connectivity index is 4.57. The number of hydrogen-bond donors (Lipinski definition) is 1. The highest BCUT2D eigenvalue weighted by atomic mass is 32.2. The molecule has 100 valence electrons. The van der Waals surface area contributed by atoms with Gasteiger partial charge in [-0.25, -0.2) is 0 Å². The van der Waals surface area contributed by atoms with E-state index in [9.17, 15) is 0 Å². The molecule has 0 aliphatic carbocycles. The molecule has 0 aromatic rings. The van der Waals surface area contributed by atoms with Crippen LogP contribution < -0.4 is 5.73 Å². The van der Waals surface area contributed by atoms with E-state index in [4.69, 9.17) is 5.73 Å². The van der Waals surface area contributed by atoms with Gasteiger partial charge in [0.05, 0.1) is 0 Å². The van der Waals surface area contributed by atoms with Crippen molar-refractivity contribution in [3.8, 4) is 0 Å². The number of allylic oxidation sites excluding steroid dienone is 3. The zero-order chi connectivity index (χ0) is 13.7. The van der Waals surface area contributed by atoms with Crippen LogP contribution in [0, 0.1) is 10.8 Å². The molecule has 0 spiro atoms. The first-order valence-corrected chi connectivity index (χ1v) is 7.13. The standard InChI is InChI=1S/C15H29NS/c1-8-12(9-14(2,3)4)17-13(11-16)10-15(5,6)7/h8,11H,9-10,16H2,1-7H3/b12-8-,13-11-. The van der Waals surface area contributed by atoms with Gasteiger partial charge in [0.25, 0.3) is 0 Å². The van der Waals surface area contributed by atoms with Crippen LogP contribution in [0.25, 0.3) is 0 Å². The summed E-state index contributed by atoms with van der Waals surface area (Å²) < 4.78 is 0. The summed E-state index contributed by atoms with van der Waals surface area (Å²) in [5.41, 5.74) is 6.36. The van der Waals surface area contributed by atoms with Gasteiger partial charge in [-0.3, -0.25) is 0 Å².